The lowest BCUT2D eigenvalue weighted by molar-refractivity contribution is 0.0527. The first kappa shape index (κ1) is 22.6. The van der Waals surface area contributed by atoms with Crippen molar-refractivity contribution < 1.29 is 31.9 Å². The van der Waals surface area contributed by atoms with Crippen LogP contribution in [0.25, 0.3) is 0 Å². The average molecular weight is 489 g/mol. The third kappa shape index (κ3) is 4.37. The van der Waals surface area contributed by atoms with Crippen LogP contribution in [0, 0.1) is 5.82 Å². The summed E-state index contributed by atoms with van der Waals surface area (Å²) in [4.78, 5) is 39.0. The smallest absolute Gasteiger partial charge is 0.341 e. The Bertz CT molecular complexity index is 1330. The van der Waals surface area contributed by atoms with Crippen molar-refractivity contribution in [2.24, 2.45) is 0 Å². The quantitative estimate of drug-likeness (QED) is 0.402. The van der Waals surface area contributed by atoms with E-state index in [0.717, 1.165) is 40.5 Å². The molecule has 33 heavy (non-hydrogen) atoms. The van der Waals surface area contributed by atoms with Gasteiger partial charge in [0.1, 0.15) is 10.8 Å². The van der Waals surface area contributed by atoms with Crippen LogP contribution in [0.2, 0.25) is 0 Å². The highest BCUT2D eigenvalue weighted by molar-refractivity contribution is 7.93. The highest BCUT2D eigenvalue weighted by atomic mass is 32.2. The van der Waals surface area contributed by atoms with E-state index in [-0.39, 0.29) is 39.7 Å². The molecule has 0 unspecified atom stereocenters. The monoisotopic (exact) mass is 488 g/mol. The van der Waals surface area contributed by atoms with Crippen LogP contribution < -0.4 is 4.72 Å². The van der Waals surface area contributed by atoms with Gasteiger partial charge in [-0.25, -0.2) is 17.6 Å². The maximum Gasteiger partial charge on any atom is 0.341 e. The molecule has 170 valence electrons. The molecule has 2 amide bonds. The molecule has 1 aliphatic heterocycles. The molecule has 2 aromatic carbocycles. The van der Waals surface area contributed by atoms with Crippen LogP contribution >= 0.6 is 11.3 Å². The second kappa shape index (κ2) is 8.75. The van der Waals surface area contributed by atoms with Gasteiger partial charge in [-0.1, -0.05) is 12.1 Å². The number of esters is 1. The number of halogens is 1. The third-order valence-corrected chi connectivity index (χ3v) is 7.35. The Balaban J connectivity index is 1.65. The van der Waals surface area contributed by atoms with Crippen molar-refractivity contribution in [2.45, 2.75) is 18.4 Å². The lowest BCUT2D eigenvalue weighted by atomic mass is 10.1. The second-order valence-electron chi connectivity index (χ2n) is 6.98. The molecule has 0 radical (unpaired) electrons. The summed E-state index contributed by atoms with van der Waals surface area (Å²) in [5.74, 6) is -2.31. The van der Waals surface area contributed by atoms with Gasteiger partial charge in [-0.05, 0) is 49.4 Å². The van der Waals surface area contributed by atoms with Gasteiger partial charge < -0.3 is 4.74 Å². The van der Waals surface area contributed by atoms with E-state index in [0.29, 0.717) is 4.88 Å². The first-order valence-corrected chi connectivity index (χ1v) is 12.0. The van der Waals surface area contributed by atoms with Crippen molar-refractivity contribution in [3.05, 3.63) is 82.0 Å². The summed E-state index contributed by atoms with van der Waals surface area (Å²) in [6, 6.07) is 12.0. The number of ether oxygens (including phenoxy) is 1. The predicted molar refractivity (Wildman–Crippen MR) is 118 cm³/mol. The molecule has 1 aromatic heterocycles. The molecule has 0 aliphatic carbocycles. The molecular weight excluding hydrogens is 471 g/mol. The van der Waals surface area contributed by atoms with E-state index in [1.54, 1.807) is 31.2 Å². The van der Waals surface area contributed by atoms with Crippen molar-refractivity contribution in [1.82, 2.24) is 4.90 Å². The molecule has 0 fully saturated rings. The Morgan fingerprint density at radius 2 is 1.67 bits per heavy atom. The highest BCUT2D eigenvalue weighted by Gasteiger charge is 2.36. The molecule has 8 nitrogen and oxygen atoms in total. The lowest BCUT2D eigenvalue weighted by Crippen LogP contribution is -2.28. The minimum absolute atomic E-state index is 0.0376. The van der Waals surface area contributed by atoms with Crippen molar-refractivity contribution >= 4 is 44.1 Å². The van der Waals surface area contributed by atoms with E-state index in [1.165, 1.54) is 6.07 Å². The summed E-state index contributed by atoms with van der Waals surface area (Å²) in [5.41, 5.74) is 0.503. The zero-order chi connectivity index (χ0) is 23.8. The number of hydrogen-bond donors (Lipinski definition) is 1. The van der Waals surface area contributed by atoms with Gasteiger partial charge in [0.25, 0.3) is 21.8 Å². The molecular formula is C22H17FN2O6S2. The van der Waals surface area contributed by atoms with Crippen LogP contribution in [-0.2, 0) is 21.3 Å². The van der Waals surface area contributed by atoms with Gasteiger partial charge in [-0.3, -0.25) is 19.2 Å². The molecule has 0 saturated heterocycles. The number of imide groups is 1. The largest absolute Gasteiger partial charge is 0.462 e. The number of carbonyl (C=O) groups is 3. The fourth-order valence-corrected chi connectivity index (χ4v) is 5.64. The van der Waals surface area contributed by atoms with Crippen LogP contribution in [0.3, 0.4) is 0 Å². The summed E-state index contributed by atoms with van der Waals surface area (Å²) in [6.07, 6.45) is 0. The van der Waals surface area contributed by atoms with Crippen molar-refractivity contribution in [1.29, 1.82) is 0 Å². The van der Waals surface area contributed by atoms with Crippen LogP contribution in [0.4, 0.5) is 9.39 Å². The minimum Gasteiger partial charge on any atom is -0.462 e. The van der Waals surface area contributed by atoms with Gasteiger partial charge in [0.05, 0.1) is 34.7 Å². The van der Waals surface area contributed by atoms with Crippen LogP contribution in [0.5, 0.6) is 0 Å². The van der Waals surface area contributed by atoms with Gasteiger partial charge in [0.15, 0.2) is 0 Å². The lowest BCUT2D eigenvalue weighted by Gasteiger charge is -2.12. The summed E-state index contributed by atoms with van der Waals surface area (Å²) < 4.78 is 46.0. The normalized spacial score (nSPS) is 13.2. The number of anilines is 1. The fourth-order valence-electron chi connectivity index (χ4n) is 3.29. The van der Waals surface area contributed by atoms with E-state index in [2.05, 4.69) is 4.72 Å². The standard InChI is InChI=1S/C22H17FN2O6S2/c1-2-31-22(28)18-11-14(12-25-20(26)16-5-3-4-6-17(16)21(25)27)32-19(18)24-33(29,30)15-9-7-13(23)8-10-15/h3-11,24H,2,12H2,1H3. The average Bonchev–Trinajstić information content (AvgIpc) is 3.28. The molecule has 4 rings (SSSR count). The molecule has 3 aromatic rings. The maximum atomic E-state index is 13.2. The van der Waals surface area contributed by atoms with Crippen molar-refractivity contribution in [2.75, 3.05) is 11.3 Å². The molecule has 1 N–H and O–H groups in total. The van der Waals surface area contributed by atoms with E-state index < -0.39 is 33.6 Å². The van der Waals surface area contributed by atoms with E-state index in [4.69, 9.17) is 4.74 Å². The Morgan fingerprint density at radius 1 is 1.06 bits per heavy atom. The van der Waals surface area contributed by atoms with Crippen molar-refractivity contribution in [3.63, 3.8) is 0 Å². The number of sulfonamides is 1. The summed E-state index contributed by atoms with van der Waals surface area (Å²) in [5, 5.41) is -0.0376. The summed E-state index contributed by atoms with van der Waals surface area (Å²) >= 11 is 0.897. The van der Waals surface area contributed by atoms with Gasteiger partial charge in [0.2, 0.25) is 0 Å². The SMILES string of the molecule is CCOC(=O)c1cc(CN2C(=O)c3ccccc3C2=O)sc1NS(=O)(=O)c1ccc(F)cc1. The predicted octanol–water partition coefficient (Wildman–Crippen LogP) is 3.66. The van der Waals surface area contributed by atoms with Gasteiger partial charge in [-0.2, -0.15) is 0 Å². The number of fused-ring (bicyclic) bond motifs is 1. The number of benzene rings is 2. The zero-order valence-electron chi connectivity index (χ0n) is 17.2. The first-order chi connectivity index (χ1) is 15.7. The van der Waals surface area contributed by atoms with Crippen molar-refractivity contribution in [3.8, 4) is 0 Å². The topological polar surface area (TPSA) is 110 Å². The zero-order valence-corrected chi connectivity index (χ0v) is 18.8. The number of carbonyl (C=O) groups excluding carboxylic acids is 3. The molecule has 0 spiro atoms. The number of nitrogens with zero attached hydrogens (tertiary/aromatic N) is 1. The van der Waals surface area contributed by atoms with Crippen LogP contribution in [-0.4, -0.2) is 37.7 Å². The number of hydrogen-bond acceptors (Lipinski definition) is 7. The summed E-state index contributed by atoms with van der Waals surface area (Å²) in [7, 11) is -4.14. The van der Waals surface area contributed by atoms with E-state index in [1.807, 2.05) is 0 Å². The van der Waals surface area contributed by atoms with E-state index in [9.17, 15) is 27.2 Å². The molecule has 2 heterocycles. The molecule has 0 atom stereocenters. The highest BCUT2D eigenvalue weighted by Crippen LogP contribution is 2.33. The minimum atomic E-state index is -4.14. The number of rotatable bonds is 7. The Kier molecular flexibility index (Phi) is 6.00. The molecule has 0 saturated carbocycles. The Labute approximate surface area is 192 Å². The summed E-state index contributed by atoms with van der Waals surface area (Å²) in [6.45, 7) is 1.51. The van der Waals surface area contributed by atoms with Gasteiger partial charge in [-0.15, -0.1) is 11.3 Å². The number of nitrogens with one attached hydrogen (secondary N) is 1. The molecule has 0 bridgehead atoms. The molecule has 1 aliphatic rings. The number of thiophene rings is 1. The molecule has 11 heteroatoms. The van der Waals surface area contributed by atoms with Gasteiger partial charge >= 0.3 is 5.97 Å². The van der Waals surface area contributed by atoms with Crippen LogP contribution in [0.1, 0.15) is 42.9 Å². The second-order valence-corrected chi connectivity index (χ2v) is 9.80. The fraction of sp³-hybridized carbons (Fsp3) is 0.136. The third-order valence-electron chi connectivity index (χ3n) is 4.82. The Morgan fingerprint density at radius 3 is 2.24 bits per heavy atom. The van der Waals surface area contributed by atoms with Crippen LogP contribution in [0.15, 0.2) is 59.5 Å². The Hall–Kier alpha value is -3.57. The maximum absolute atomic E-state index is 13.2. The van der Waals surface area contributed by atoms with E-state index >= 15 is 0 Å². The first-order valence-electron chi connectivity index (χ1n) is 9.74. The van der Waals surface area contributed by atoms with Gasteiger partial charge in [0, 0.05) is 4.88 Å². The number of amides is 2.